The van der Waals surface area contributed by atoms with Gasteiger partial charge in [0.1, 0.15) is 12.3 Å². The number of aliphatic hydroxyl groups is 1. The van der Waals surface area contributed by atoms with Crippen LogP contribution in [0.4, 0.5) is 0 Å². The molecule has 1 fully saturated rings. The highest BCUT2D eigenvalue weighted by molar-refractivity contribution is 7.66. The van der Waals surface area contributed by atoms with Crippen LogP contribution in [0.1, 0.15) is 21.5 Å². The summed E-state index contributed by atoms with van der Waals surface area (Å²) in [5, 5.41) is 10.3. The molecule has 6 N–H and O–H groups in total. The number of hydrogen-bond acceptors (Lipinski definition) is 10. The molecule has 172 valence electrons. The summed E-state index contributed by atoms with van der Waals surface area (Å²) in [6.45, 7) is -0.740. The number of hydrogen-bond donors (Lipinski definition) is 6. The summed E-state index contributed by atoms with van der Waals surface area (Å²) in [6.07, 6.45) is -4.15. The van der Waals surface area contributed by atoms with Crippen LogP contribution < -0.4 is 11.2 Å². The number of aliphatic hydroxyl groups excluding tert-OH is 1. The second-order valence-electron chi connectivity index (χ2n) is 6.08. The Morgan fingerprint density at radius 2 is 1.80 bits per heavy atom. The third kappa shape index (κ3) is 6.50. The number of phosphoric acid groups is 3. The van der Waals surface area contributed by atoms with Crippen molar-refractivity contribution in [1.29, 1.82) is 0 Å². The Labute approximate surface area is 170 Å². The molecule has 6 atom stereocenters. The Kier molecular flexibility index (Phi) is 6.56. The molecular weight excluding hydrogens is 477 g/mol. The summed E-state index contributed by atoms with van der Waals surface area (Å²) >= 11 is 0. The van der Waals surface area contributed by atoms with Gasteiger partial charge >= 0.3 is 29.2 Å². The monoisotopic (exact) mass is 498 g/mol. The van der Waals surface area contributed by atoms with E-state index in [0.717, 1.165) is 10.8 Å². The van der Waals surface area contributed by atoms with Crippen LogP contribution in [0.3, 0.4) is 0 Å². The van der Waals surface area contributed by atoms with E-state index in [1.54, 1.807) is 0 Å². The van der Waals surface area contributed by atoms with E-state index in [-0.39, 0.29) is 5.56 Å². The number of aromatic nitrogens is 2. The van der Waals surface area contributed by atoms with Gasteiger partial charge in [-0.05, 0) is 6.92 Å². The molecule has 3 unspecified atom stereocenters. The normalized spacial score (nSPS) is 30.2. The van der Waals surface area contributed by atoms with Gasteiger partial charge in [-0.25, -0.2) is 18.5 Å². The van der Waals surface area contributed by atoms with Gasteiger partial charge in [0, 0.05) is 17.7 Å². The Hall–Kier alpha value is -0.990. The van der Waals surface area contributed by atoms with Crippen molar-refractivity contribution >= 4 is 23.5 Å². The first-order chi connectivity index (χ1) is 14.2. The van der Waals surface area contributed by atoms with E-state index in [1.165, 1.54) is 13.8 Å². The fraction of sp³-hybridized carbons (Fsp3) is 0.636. The van der Waals surface area contributed by atoms with Crippen molar-refractivity contribution in [1.82, 2.24) is 9.55 Å². The third-order valence-corrected chi connectivity index (χ3v) is 7.37. The number of aromatic amines is 1. The van der Waals surface area contributed by atoms with Crippen molar-refractivity contribution in [2.45, 2.75) is 32.3 Å². The molecule has 1 saturated heterocycles. The average Bonchev–Trinajstić information content (AvgIpc) is 2.82. The largest absolute Gasteiger partial charge is 0.490 e. The Morgan fingerprint density at radius 3 is 2.37 bits per heavy atom. The predicted octanol–water partition coefficient (Wildman–Crippen LogP) is -0.917. The van der Waals surface area contributed by atoms with E-state index < -0.39 is 65.6 Å². The van der Waals surface area contributed by atoms with Gasteiger partial charge in [-0.1, -0.05) is 6.92 Å². The fourth-order valence-electron chi connectivity index (χ4n) is 2.41. The predicted molar refractivity (Wildman–Crippen MR) is 95.0 cm³/mol. The lowest BCUT2D eigenvalue weighted by Gasteiger charge is -2.19. The van der Waals surface area contributed by atoms with Crippen molar-refractivity contribution in [3.63, 3.8) is 0 Å². The molecule has 0 amide bonds. The van der Waals surface area contributed by atoms with Gasteiger partial charge in [0.2, 0.25) is 0 Å². The van der Waals surface area contributed by atoms with Gasteiger partial charge in [0.05, 0.1) is 15.4 Å². The zero-order valence-corrected chi connectivity index (χ0v) is 17.8. The van der Waals surface area contributed by atoms with E-state index in [1.807, 2.05) is 4.98 Å². The van der Waals surface area contributed by atoms with E-state index >= 15 is 0 Å². The fourth-order valence-corrected chi connectivity index (χ4v) is 5.28. The molecule has 30 heavy (non-hydrogen) atoms. The Morgan fingerprint density at radius 1 is 1.20 bits per heavy atom. The Balaban J connectivity index is 2.27. The summed E-state index contributed by atoms with van der Waals surface area (Å²) in [5.41, 5.74) is -1.58. The molecular formula is C11H19N2O14P3. The molecule has 16 nitrogen and oxygen atoms in total. The zero-order chi connectivity index (χ0) is 24.9. The molecule has 0 spiro atoms. The average molecular weight is 498 g/mol. The van der Waals surface area contributed by atoms with Gasteiger partial charge < -0.3 is 29.4 Å². The highest BCUT2D eigenvalue weighted by Crippen LogP contribution is 2.66. The van der Waals surface area contributed by atoms with Gasteiger partial charge in [0.15, 0.2) is 0 Å². The number of nitrogens with zero attached hydrogens (tertiary/aromatic N) is 1. The number of ether oxygens (including phenoxy) is 1. The standard InChI is InChI=1S/C11H19N2O14P3/c1-5-3-13(11(16)12-9(5)15)10-6(2)8(14)7(25-10)4-24-29(20,21)27-30(22,23)26-28(17,18)19/h3,6-8,10,14H,4H2,1-2H3,(H,20,21)(H,22,23)(H,12,15,16)(H2,17,18,19)/t6-,7+,8?,10+/m1/s1/i4D2. The summed E-state index contributed by atoms with van der Waals surface area (Å²) < 4.78 is 66.8. The van der Waals surface area contributed by atoms with E-state index in [2.05, 4.69) is 13.1 Å². The molecule has 1 aliphatic heterocycles. The summed E-state index contributed by atoms with van der Waals surface area (Å²) in [7, 11) is -17.5. The highest BCUT2D eigenvalue weighted by atomic mass is 31.3. The van der Waals surface area contributed by atoms with Gasteiger partial charge in [-0.15, -0.1) is 0 Å². The van der Waals surface area contributed by atoms with Crippen molar-refractivity contribution < 1.29 is 59.0 Å². The molecule has 0 radical (unpaired) electrons. The smallest absolute Gasteiger partial charge is 0.390 e. The van der Waals surface area contributed by atoms with Gasteiger partial charge in [-0.2, -0.15) is 8.62 Å². The SMILES string of the molecule is [2H]C([2H])(OP(=O)(O)OP(=O)(O)OP(=O)(O)O)[C@@H]1O[C@H](n2cc(C)c(=O)[nH]c2=O)[C@H](C)C1O. The molecule has 0 aromatic carbocycles. The van der Waals surface area contributed by atoms with Crippen LogP contribution in [0.15, 0.2) is 15.8 Å². The summed E-state index contributed by atoms with van der Waals surface area (Å²) in [4.78, 5) is 61.3. The lowest BCUT2D eigenvalue weighted by Crippen LogP contribution is -2.35. The summed E-state index contributed by atoms with van der Waals surface area (Å²) in [6, 6.07) is 0. The number of rotatable bonds is 8. The highest BCUT2D eigenvalue weighted by Gasteiger charge is 2.45. The first-order valence-electron chi connectivity index (χ1n) is 8.75. The van der Waals surface area contributed by atoms with Crippen LogP contribution >= 0.6 is 23.5 Å². The van der Waals surface area contributed by atoms with Crippen LogP contribution in [-0.4, -0.2) is 53.0 Å². The number of nitrogens with one attached hydrogen (secondary N) is 1. The first kappa shape index (κ1) is 22.2. The van der Waals surface area contributed by atoms with Crippen LogP contribution in [0.2, 0.25) is 0 Å². The minimum absolute atomic E-state index is 0.0783. The van der Waals surface area contributed by atoms with Crippen molar-refractivity contribution in [3.8, 4) is 0 Å². The van der Waals surface area contributed by atoms with Crippen molar-refractivity contribution in [3.05, 3.63) is 32.6 Å². The minimum atomic E-state index is -5.91. The Bertz CT molecular complexity index is 1130. The number of H-pyrrole nitrogens is 1. The van der Waals surface area contributed by atoms with Gasteiger partial charge in [0.25, 0.3) is 5.56 Å². The van der Waals surface area contributed by atoms with E-state index in [9.17, 15) is 33.3 Å². The lowest BCUT2D eigenvalue weighted by molar-refractivity contribution is -0.0468. The second-order valence-corrected chi connectivity index (χ2v) is 10.4. The maximum atomic E-state index is 12.1. The maximum absolute atomic E-state index is 12.1. The minimum Gasteiger partial charge on any atom is -0.390 e. The van der Waals surface area contributed by atoms with Crippen LogP contribution in [0, 0.1) is 12.8 Å². The molecule has 0 saturated carbocycles. The number of phosphoric ester groups is 1. The molecule has 1 aliphatic rings. The topological polar surface area (TPSA) is 244 Å². The number of aryl methyl sites for hydroxylation is 1. The molecule has 0 bridgehead atoms. The van der Waals surface area contributed by atoms with Gasteiger partial charge in [-0.3, -0.25) is 18.9 Å². The van der Waals surface area contributed by atoms with E-state index in [4.69, 9.17) is 22.2 Å². The lowest BCUT2D eigenvalue weighted by atomic mass is 10.0. The van der Waals surface area contributed by atoms with Crippen LogP contribution in [-0.2, 0) is 31.6 Å². The maximum Gasteiger partial charge on any atom is 0.490 e. The van der Waals surface area contributed by atoms with Crippen LogP contribution in [0.5, 0.6) is 0 Å². The van der Waals surface area contributed by atoms with E-state index in [0.29, 0.717) is 0 Å². The quantitative estimate of drug-likeness (QED) is 0.238. The molecule has 1 aromatic heterocycles. The summed E-state index contributed by atoms with van der Waals surface area (Å²) in [5.74, 6) is -1.04. The van der Waals surface area contributed by atoms with Crippen molar-refractivity contribution in [2.24, 2.45) is 5.92 Å². The second kappa shape index (κ2) is 8.87. The molecule has 2 heterocycles. The molecule has 0 aliphatic carbocycles. The molecule has 1 aromatic rings. The first-order valence-corrected chi connectivity index (χ1v) is 12.3. The zero-order valence-electron chi connectivity index (χ0n) is 17.1. The molecule has 19 heteroatoms. The third-order valence-electron chi connectivity index (χ3n) is 3.70. The molecule has 2 rings (SSSR count). The van der Waals surface area contributed by atoms with Crippen LogP contribution in [0.25, 0.3) is 0 Å². The van der Waals surface area contributed by atoms with Crippen molar-refractivity contribution in [2.75, 3.05) is 6.56 Å².